The Bertz CT molecular complexity index is 731. The number of carbonyl (C=O) groups is 1. The number of sulfonamides is 1. The molecule has 1 fully saturated rings. The van der Waals surface area contributed by atoms with Crippen LogP contribution in [0.4, 0.5) is 5.69 Å². The fourth-order valence-electron chi connectivity index (χ4n) is 3.56. The molecule has 1 aliphatic rings. The Labute approximate surface area is 163 Å². The Morgan fingerprint density at radius 3 is 2.30 bits per heavy atom. The van der Waals surface area contributed by atoms with Gasteiger partial charge in [-0.25, -0.2) is 13.1 Å². The number of benzene rings is 1. The second kappa shape index (κ2) is 9.17. The van der Waals surface area contributed by atoms with Crippen molar-refractivity contribution < 1.29 is 13.2 Å². The SMILES string of the molecule is CC(C)NS(=O)(=O)c1ccc(NC(=O)[C@H](C)N[C@H]2CCC[C@@H](C)[C@H]2C)cc1. The van der Waals surface area contributed by atoms with E-state index < -0.39 is 10.0 Å². The minimum absolute atomic E-state index is 0.115. The topological polar surface area (TPSA) is 87.3 Å². The summed E-state index contributed by atoms with van der Waals surface area (Å²) in [6.07, 6.45) is 3.54. The lowest BCUT2D eigenvalue weighted by atomic mass is 9.78. The number of nitrogens with one attached hydrogen (secondary N) is 3. The van der Waals surface area contributed by atoms with Gasteiger partial charge < -0.3 is 10.6 Å². The van der Waals surface area contributed by atoms with Crippen LogP contribution < -0.4 is 15.4 Å². The van der Waals surface area contributed by atoms with Gasteiger partial charge in [0, 0.05) is 17.8 Å². The molecule has 1 aromatic carbocycles. The number of amides is 1. The average molecular weight is 396 g/mol. The molecule has 27 heavy (non-hydrogen) atoms. The molecule has 0 saturated heterocycles. The molecule has 152 valence electrons. The van der Waals surface area contributed by atoms with Crippen molar-refractivity contribution in [2.24, 2.45) is 11.8 Å². The van der Waals surface area contributed by atoms with Gasteiger partial charge in [-0.2, -0.15) is 0 Å². The molecule has 6 nitrogen and oxygen atoms in total. The van der Waals surface area contributed by atoms with E-state index in [2.05, 4.69) is 29.2 Å². The lowest BCUT2D eigenvalue weighted by Crippen LogP contribution is -2.49. The predicted molar refractivity (Wildman–Crippen MR) is 109 cm³/mol. The van der Waals surface area contributed by atoms with Crippen LogP contribution >= 0.6 is 0 Å². The van der Waals surface area contributed by atoms with Gasteiger partial charge in [0.2, 0.25) is 15.9 Å². The zero-order valence-corrected chi connectivity index (χ0v) is 17.8. The summed E-state index contributed by atoms with van der Waals surface area (Å²) in [7, 11) is -3.53. The van der Waals surface area contributed by atoms with E-state index in [0.29, 0.717) is 23.6 Å². The quantitative estimate of drug-likeness (QED) is 0.662. The largest absolute Gasteiger partial charge is 0.325 e. The van der Waals surface area contributed by atoms with E-state index in [0.717, 1.165) is 6.42 Å². The van der Waals surface area contributed by atoms with Gasteiger partial charge in [0.05, 0.1) is 10.9 Å². The summed E-state index contributed by atoms with van der Waals surface area (Å²) in [6, 6.07) is 6.10. The molecule has 1 amide bonds. The van der Waals surface area contributed by atoms with Crippen LogP contribution in [-0.2, 0) is 14.8 Å². The van der Waals surface area contributed by atoms with Crippen molar-refractivity contribution in [3.63, 3.8) is 0 Å². The Hall–Kier alpha value is -1.44. The summed E-state index contributed by atoms with van der Waals surface area (Å²) in [6.45, 7) is 9.93. The molecule has 0 heterocycles. The molecule has 2 rings (SSSR count). The van der Waals surface area contributed by atoms with Gasteiger partial charge in [0.1, 0.15) is 0 Å². The van der Waals surface area contributed by atoms with Crippen LogP contribution in [0.5, 0.6) is 0 Å². The monoisotopic (exact) mass is 395 g/mol. The molecule has 0 aromatic heterocycles. The van der Waals surface area contributed by atoms with Gasteiger partial charge in [0.25, 0.3) is 0 Å². The van der Waals surface area contributed by atoms with Gasteiger partial charge in [-0.3, -0.25) is 4.79 Å². The van der Waals surface area contributed by atoms with E-state index in [1.165, 1.54) is 25.0 Å². The van der Waals surface area contributed by atoms with Crippen molar-refractivity contribution in [3.05, 3.63) is 24.3 Å². The van der Waals surface area contributed by atoms with E-state index in [9.17, 15) is 13.2 Å². The first-order chi connectivity index (χ1) is 12.6. The Morgan fingerprint density at radius 1 is 1.07 bits per heavy atom. The highest BCUT2D eigenvalue weighted by molar-refractivity contribution is 7.89. The highest BCUT2D eigenvalue weighted by Crippen LogP contribution is 2.29. The minimum atomic E-state index is -3.53. The van der Waals surface area contributed by atoms with Crippen molar-refractivity contribution in [1.29, 1.82) is 0 Å². The number of hydrogen-bond donors (Lipinski definition) is 3. The molecule has 0 bridgehead atoms. The third kappa shape index (κ3) is 6.02. The van der Waals surface area contributed by atoms with Gasteiger partial charge in [-0.15, -0.1) is 0 Å². The first-order valence-corrected chi connectivity index (χ1v) is 11.3. The van der Waals surface area contributed by atoms with Crippen LogP contribution in [0.25, 0.3) is 0 Å². The predicted octanol–water partition coefficient (Wildman–Crippen LogP) is 3.11. The summed E-state index contributed by atoms with van der Waals surface area (Å²) >= 11 is 0. The van der Waals surface area contributed by atoms with E-state index in [4.69, 9.17) is 0 Å². The summed E-state index contributed by atoms with van der Waals surface area (Å²) < 4.78 is 26.9. The summed E-state index contributed by atoms with van der Waals surface area (Å²) in [5.41, 5.74) is 0.585. The summed E-state index contributed by atoms with van der Waals surface area (Å²) in [5, 5.41) is 6.32. The van der Waals surface area contributed by atoms with E-state index in [-0.39, 0.29) is 22.9 Å². The fourth-order valence-corrected chi connectivity index (χ4v) is 4.81. The van der Waals surface area contributed by atoms with Crippen LogP contribution in [-0.4, -0.2) is 32.5 Å². The summed E-state index contributed by atoms with van der Waals surface area (Å²) in [5.74, 6) is 1.10. The maximum absolute atomic E-state index is 12.5. The third-order valence-electron chi connectivity index (χ3n) is 5.39. The minimum Gasteiger partial charge on any atom is -0.325 e. The Morgan fingerprint density at radius 2 is 1.70 bits per heavy atom. The normalized spacial score (nSPS) is 24.6. The van der Waals surface area contributed by atoms with Crippen LogP contribution in [0.1, 0.15) is 53.9 Å². The van der Waals surface area contributed by atoms with Crippen LogP contribution in [0.15, 0.2) is 29.2 Å². The molecule has 4 atom stereocenters. The van der Waals surface area contributed by atoms with Crippen molar-refractivity contribution in [2.75, 3.05) is 5.32 Å². The standard InChI is InChI=1S/C20H33N3O3S/c1-13(2)23-27(25,26)18-11-9-17(10-12-18)22-20(24)16(5)21-19-8-6-7-14(3)15(19)4/h9-16,19,21,23H,6-8H2,1-5H3,(H,22,24)/t14-,15-,16+,19+/m1/s1. The molecule has 1 aliphatic carbocycles. The second-order valence-electron chi connectivity index (χ2n) is 8.05. The van der Waals surface area contributed by atoms with Crippen LogP contribution in [0, 0.1) is 11.8 Å². The molecule has 0 unspecified atom stereocenters. The van der Waals surface area contributed by atoms with E-state index >= 15 is 0 Å². The van der Waals surface area contributed by atoms with Crippen LogP contribution in [0.3, 0.4) is 0 Å². The molecule has 1 aromatic rings. The summed E-state index contributed by atoms with van der Waals surface area (Å²) in [4.78, 5) is 12.7. The highest BCUT2D eigenvalue weighted by Gasteiger charge is 2.29. The van der Waals surface area contributed by atoms with Crippen LogP contribution in [0.2, 0.25) is 0 Å². The molecule has 0 aliphatic heterocycles. The fraction of sp³-hybridized carbons (Fsp3) is 0.650. The first-order valence-electron chi connectivity index (χ1n) is 9.79. The number of carbonyl (C=O) groups excluding carboxylic acids is 1. The molecular formula is C20H33N3O3S. The van der Waals surface area contributed by atoms with E-state index in [1.54, 1.807) is 26.0 Å². The zero-order chi connectivity index (χ0) is 20.2. The number of hydrogen-bond acceptors (Lipinski definition) is 4. The highest BCUT2D eigenvalue weighted by atomic mass is 32.2. The maximum Gasteiger partial charge on any atom is 0.241 e. The van der Waals surface area contributed by atoms with Gasteiger partial charge in [0.15, 0.2) is 0 Å². The first kappa shape index (κ1) is 21.9. The number of rotatable bonds is 7. The van der Waals surface area contributed by atoms with Gasteiger partial charge >= 0.3 is 0 Å². The van der Waals surface area contributed by atoms with Crippen molar-refractivity contribution in [2.45, 2.75) is 76.9 Å². The van der Waals surface area contributed by atoms with Gasteiger partial charge in [-0.05, 0) is 63.3 Å². The molecule has 0 radical (unpaired) electrons. The smallest absolute Gasteiger partial charge is 0.241 e. The second-order valence-corrected chi connectivity index (χ2v) is 9.77. The molecular weight excluding hydrogens is 362 g/mol. The Balaban J connectivity index is 1.95. The van der Waals surface area contributed by atoms with E-state index in [1.807, 2.05) is 6.92 Å². The maximum atomic E-state index is 12.5. The lowest BCUT2D eigenvalue weighted by Gasteiger charge is -2.36. The molecule has 7 heteroatoms. The molecule has 0 spiro atoms. The zero-order valence-electron chi connectivity index (χ0n) is 17.0. The van der Waals surface area contributed by atoms with Crippen molar-refractivity contribution in [1.82, 2.24) is 10.0 Å². The molecule has 1 saturated carbocycles. The average Bonchev–Trinajstić information content (AvgIpc) is 2.58. The Kier molecular flexibility index (Phi) is 7.42. The van der Waals surface area contributed by atoms with Crippen molar-refractivity contribution in [3.8, 4) is 0 Å². The van der Waals surface area contributed by atoms with Gasteiger partial charge in [-0.1, -0.05) is 26.7 Å². The van der Waals surface area contributed by atoms with Crippen molar-refractivity contribution >= 4 is 21.6 Å². The third-order valence-corrected chi connectivity index (χ3v) is 7.06. The number of anilines is 1. The lowest BCUT2D eigenvalue weighted by molar-refractivity contribution is -0.118. The molecule has 3 N–H and O–H groups in total.